The Bertz CT molecular complexity index is 915. The molecule has 0 aliphatic carbocycles. The van der Waals surface area contributed by atoms with Gasteiger partial charge in [0.15, 0.2) is 0 Å². The molecule has 0 aromatic heterocycles. The molecule has 2 fully saturated rings. The fourth-order valence-corrected chi connectivity index (χ4v) is 4.93. The minimum absolute atomic E-state index is 0.00604. The van der Waals surface area contributed by atoms with Gasteiger partial charge in [-0.05, 0) is 35.2 Å². The number of carbonyl (C=O) groups excluding carboxylic acids is 1. The molecule has 1 amide bonds. The number of benzene rings is 2. The zero-order valence-corrected chi connectivity index (χ0v) is 17.2. The number of ether oxygens (including phenoxy) is 2. The van der Waals surface area contributed by atoms with Crippen LogP contribution >= 0.6 is 0 Å². The van der Waals surface area contributed by atoms with E-state index >= 15 is 0 Å². The molecule has 0 bridgehead atoms. The number of carbonyl (C=O) groups is 1. The zero-order chi connectivity index (χ0) is 20.7. The number of halogens is 1. The molecule has 4 atom stereocenters. The third kappa shape index (κ3) is 3.64. The van der Waals surface area contributed by atoms with Crippen LogP contribution in [0.15, 0.2) is 48.5 Å². The summed E-state index contributed by atoms with van der Waals surface area (Å²) >= 11 is 0. The highest BCUT2D eigenvalue weighted by Crippen LogP contribution is 2.37. The van der Waals surface area contributed by atoms with Crippen molar-refractivity contribution in [2.45, 2.75) is 37.1 Å². The predicted octanol–water partition coefficient (Wildman–Crippen LogP) is 2.79. The first-order chi connectivity index (χ1) is 14.7. The summed E-state index contributed by atoms with van der Waals surface area (Å²) in [6, 6.07) is 14.7. The quantitative estimate of drug-likeness (QED) is 0.727. The van der Waals surface area contributed by atoms with Gasteiger partial charge in [-0.25, -0.2) is 4.39 Å². The number of fused-ring (bicyclic) bond motifs is 1. The van der Waals surface area contributed by atoms with Gasteiger partial charge in [0.2, 0.25) is 0 Å². The van der Waals surface area contributed by atoms with E-state index < -0.39 is 6.10 Å². The van der Waals surface area contributed by atoms with Gasteiger partial charge in [0, 0.05) is 39.2 Å². The Kier molecular flexibility index (Phi) is 5.31. The zero-order valence-electron chi connectivity index (χ0n) is 17.2. The Hall–Kier alpha value is -2.28. The summed E-state index contributed by atoms with van der Waals surface area (Å²) in [4.78, 5) is 17.9. The largest absolute Gasteiger partial charge is 0.377 e. The molecule has 0 spiro atoms. The fraction of sp³-hybridized carbons (Fsp3) is 0.458. The van der Waals surface area contributed by atoms with Crippen LogP contribution in [0.1, 0.15) is 29.2 Å². The van der Waals surface area contributed by atoms with Crippen LogP contribution in [0.5, 0.6) is 0 Å². The highest BCUT2D eigenvalue weighted by atomic mass is 19.1. The fourth-order valence-electron chi connectivity index (χ4n) is 4.93. The lowest BCUT2D eigenvalue weighted by Gasteiger charge is -2.42. The SMILES string of the molecule is CO[C@H]1CO[C@@H](C(=O)N2CCc3ccccc3[C@@H]2c2ccc(F)cc2)C[C@@H]1N1CC1. The van der Waals surface area contributed by atoms with Crippen LogP contribution in [-0.2, 0) is 20.7 Å². The van der Waals surface area contributed by atoms with E-state index in [-0.39, 0.29) is 29.9 Å². The molecule has 0 N–H and O–H groups in total. The summed E-state index contributed by atoms with van der Waals surface area (Å²) in [5.41, 5.74) is 3.27. The molecule has 5 rings (SSSR count). The van der Waals surface area contributed by atoms with Crippen molar-refractivity contribution in [1.82, 2.24) is 9.80 Å². The smallest absolute Gasteiger partial charge is 0.252 e. The summed E-state index contributed by atoms with van der Waals surface area (Å²) in [5, 5.41) is 0. The Labute approximate surface area is 176 Å². The lowest BCUT2D eigenvalue weighted by atomic mass is 9.87. The highest BCUT2D eigenvalue weighted by Gasteiger charge is 2.44. The van der Waals surface area contributed by atoms with Crippen molar-refractivity contribution in [1.29, 1.82) is 0 Å². The normalized spacial score (nSPS) is 28.8. The molecule has 2 saturated heterocycles. The van der Waals surface area contributed by atoms with Gasteiger partial charge in [-0.15, -0.1) is 0 Å². The Morgan fingerprint density at radius 1 is 1.10 bits per heavy atom. The Morgan fingerprint density at radius 3 is 2.60 bits per heavy atom. The van der Waals surface area contributed by atoms with Crippen LogP contribution in [0.2, 0.25) is 0 Å². The van der Waals surface area contributed by atoms with E-state index in [1.54, 1.807) is 19.2 Å². The van der Waals surface area contributed by atoms with Gasteiger partial charge < -0.3 is 14.4 Å². The van der Waals surface area contributed by atoms with Crippen molar-refractivity contribution in [2.75, 3.05) is 33.4 Å². The van der Waals surface area contributed by atoms with Crippen molar-refractivity contribution in [3.8, 4) is 0 Å². The minimum Gasteiger partial charge on any atom is -0.377 e. The molecule has 0 saturated carbocycles. The van der Waals surface area contributed by atoms with Crippen LogP contribution in [0.3, 0.4) is 0 Å². The third-order valence-electron chi connectivity index (χ3n) is 6.63. The maximum atomic E-state index is 13.7. The molecule has 3 aliphatic rings. The first-order valence-electron chi connectivity index (χ1n) is 10.7. The molecule has 6 heteroatoms. The van der Waals surface area contributed by atoms with E-state index in [4.69, 9.17) is 9.47 Å². The van der Waals surface area contributed by atoms with E-state index in [0.29, 0.717) is 19.6 Å². The van der Waals surface area contributed by atoms with E-state index in [1.165, 1.54) is 17.7 Å². The molecule has 5 nitrogen and oxygen atoms in total. The predicted molar refractivity (Wildman–Crippen MR) is 111 cm³/mol. The number of hydrogen-bond acceptors (Lipinski definition) is 4. The molecule has 2 aromatic rings. The second-order valence-corrected chi connectivity index (χ2v) is 8.37. The van der Waals surface area contributed by atoms with Crippen LogP contribution < -0.4 is 0 Å². The number of rotatable bonds is 4. The number of amides is 1. The molecular formula is C24H27FN2O3. The van der Waals surface area contributed by atoms with Gasteiger partial charge in [-0.3, -0.25) is 9.69 Å². The van der Waals surface area contributed by atoms with E-state index in [0.717, 1.165) is 30.6 Å². The van der Waals surface area contributed by atoms with Crippen molar-refractivity contribution >= 4 is 5.91 Å². The van der Waals surface area contributed by atoms with E-state index in [2.05, 4.69) is 17.0 Å². The van der Waals surface area contributed by atoms with Crippen LogP contribution in [0.4, 0.5) is 4.39 Å². The standard InChI is InChI=1S/C24H27FN2O3/c1-29-22-15-30-21(14-20(22)26-12-13-26)24(28)27-11-10-16-4-2-3-5-19(16)23(27)17-6-8-18(25)9-7-17/h2-9,20-23H,10-15H2,1H3/t20-,21+,22-,23-/m0/s1. The first kappa shape index (κ1) is 19.7. The van der Waals surface area contributed by atoms with Gasteiger partial charge in [-0.1, -0.05) is 36.4 Å². The van der Waals surface area contributed by atoms with Crippen LogP contribution in [0, 0.1) is 5.82 Å². The molecular weight excluding hydrogens is 383 g/mol. The average Bonchev–Trinajstić information content (AvgIpc) is 3.63. The van der Waals surface area contributed by atoms with Crippen molar-refractivity contribution in [3.63, 3.8) is 0 Å². The minimum atomic E-state index is -0.477. The summed E-state index contributed by atoms with van der Waals surface area (Å²) in [5.74, 6) is -0.261. The summed E-state index contributed by atoms with van der Waals surface area (Å²) in [6.45, 7) is 3.17. The molecule has 3 aliphatic heterocycles. The Morgan fingerprint density at radius 2 is 1.87 bits per heavy atom. The van der Waals surface area contributed by atoms with Crippen molar-refractivity contribution in [2.24, 2.45) is 0 Å². The van der Waals surface area contributed by atoms with Crippen LogP contribution in [0.25, 0.3) is 0 Å². The monoisotopic (exact) mass is 410 g/mol. The maximum Gasteiger partial charge on any atom is 0.252 e. The summed E-state index contributed by atoms with van der Waals surface area (Å²) in [7, 11) is 1.71. The van der Waals surface area contributed by atoms with Crippen LogP contribution in [-0.4, -0.2) is 67.3 Å². The lowest BCUT2D eigenvalue weighted by molar-refractivity contribution is -0.159. The van der Waals surface area contributed by atoms with E-state index in [1.807, 2.05) is 17.0 Å². The second-order valence-electron chi connectivity index (χ2n) is 8.37. The van der Waals surface area contributed by atoms with E-state index in [9.17, 15) is 9.18 Å². The second kappa shape index (κ2) is 8.10. The average molecular weight is 410 g/mol. The third-order valence-corrected chi connectivity index (χ3v) is 6.63. The molecule has 30 heavy (non-hydrogen) atoms. The van der Waals surface area contributed by atoms with Crippen molar-refractivity contribution in [3.05, 3.63) is 71.0 Å². The molecule has 2 aromatic carbocycles. The van der Waals surface area contributed by atoms with Gasteiger partial charge in [0.1, 0.15) is 11.9 Å². The van der Waals surface area contributed by atoms with Gasteiger partial charge >= 0.3 is 0 Å². The molecule has 0 radical (unpaired) electrons. The van der Waals surface area contributed by atoms with Gasteiger partial charge in [0.25, 0.3) is 5.91 Å². The Balaban J connectivity index is 1.44. The molecule has 158 valence electrons. The number of hydrogen-bond donors (Lipinski definition) is 0. The number of methoxy groups -OCH3 is 1. The van der Waals surface area contributed by atoms with Gasteiger partial charge in [0.05, 0.1) is 18.8 Å². The summed E-state index contributed by atoms with van der Waals surface area (Å²) in [6.07, 6.45) is 0.982. The molecule has 0 unspecified atom stereocenters. The van der Waals surface area contributed by atoms with Gasteiger partial charge in [-0.2, -0.15) is 0 Å². The first-order valence-corrected chi connectivity index (χ1v) is 10.7. The lowest BCUT2D eigenvalue weighted by Crippen LogP contribution is -2.53. The maximum absolute atomic E-state index is 13.7. The van der Waals surface area contributed by atoms with Crippen molar-refractivity contribution < 1.29 is 18.7 Å². The highest BCUT2D eigenvalue weighted by molar-refractivity contribution is 5.82. The summed E-state index contributed by atoms with van der Waals surface area (Å²) < 4.78 is 25.2. The number of nitrogens with zero attached hydrogens (tertiary/aromatic N) is 2. The topological polar surface area (TPSA) is 41.8 Å². The molecule has 3 heterocycles.